The number of amides is 2. The number of oxazole rings is 1. The Morgan fingerprint density at radius 3 is 2.63 bits per heavy atom. The third-order valence-electron chi connectivity index (χ3n) is 4.59. The Morgan fingerprint density at radius 1 is 1.37 bits per heavy atom. The van der Waals surface area contributed by atoms with E-state index < -0.39 is 40.8 Å². The van der Waals surface area contributed by atoms with Crippen LogP contribution in [0.3, 0.4) is 0 Å². The predicted molar refractivity (Wildman–Crippen MR) is 97.0 cm³/mol. The van der Waals surface area contributed by atoms with Gasteiger partial charge in [-0.2, -0.15) is 13.2 Å². The molecule has 1 aromatic carbocycles. The minimum Gasteiger partial charge on any atom is -0.436 e. The maximum atomic E-state index is 14.5. The molecule has 0 saturated carbocycles. The van der Waals surface area contributed by atoms with E-state index >= 15 is 0 Å². The molecule has 2 aromatic rings. The van der Waals surface area contributed by atoms with Crippen molar-refractivity contribution in [2.75, 3.05) is 12.4 Å². The van der Waals surface area contributed by atoms with Crippen LogP contribution in [0, 0.1) is 12.7 Å². The SMILES string of the molecule is Cc1nc(C(=O)Nc2ccc(F)c(C3(C)CC(=O)N(C)C(N)=N3)c2)c(C(F)(F)F)o1. The number of carbonyl (C=O) groups is 2. The Morgan fingerprint density at radius 2 is 2.03 bits per heavy atom. The minimum absolute atomic E-state index is 0.0217. The van der Waals surface area contributed by atoms with Crippen LogP contribution >= 0.6 is 0 Å². The summed E-state index contributed by atoms with van der Waals surface area (Å²) in [7, 11) is 1.42. The van der Waals surface area contributed by atoms with Crippen molar-refractivity contribution in [1.82, 2.24) is 9.88 Å². The van der Waals surface area contributed by atoms with Gasteiger partial charge in [-0.1, -0.05) is 0 Å². The molecule has 160 valence electrons. The second-order valence-corrected chi connectivity index (χ2v) is 6.93. The molecule has 1 unspecified atom stereocenters. The van der Waals surface area contributed by atoms with E-state index in [-0.39, 0.29) is 29.5 Å². The highest BCUT2D eigenvalue weighted by Crippen LogP contribution is 2.36. The molecular weight excluding hydrogens is 410 g/mol. The van der Waals surface area contributed by atoms with E-state index in [1.165, 1.54) is 27.0 Å². The number of aliphatic imine (C=N–C) groups is 1. The highest BCUT2D eigenvalue weighted by molar-refractivity contribution is 6.04. The molecule has 0 spiro atoms. The molecule has 0 fully saturated rings. The van der Waals surface area contributed by atoms with Crippen LogP contribution in [0.25, 0.3) is 0 Å². The topological polar surface area (TPSA) is 114 Å². The Hall–Kier alpha value is -3.44. The molecule has 1 aromatic heterocycles. The van der Waals surface area contributed by atoms with Gasteiger partial charge in [-0.15, -0.1) is 0 Å². The fraction of sp³-hybridized carbons (Fsp3) is 0.333. The third-order valence-corrected chi connectivity index (χ3v) is 4.59. The number of hydrogen-bond acceptors (Lipinski definition) is 6. The lowest BCUT2D eigenvalue weighted by Gasteiger charge is -2.34. The molecule has 1 aliphatic rings. The summed E-state index contributed by atoms with van der Waals surface area (Å²) in [4.78, 5) is 33.3. The number of nitrogens with zero attached hydrogens (tertiary/aromatic N) is 3. The molecule has 0 bridgehead atoms. The number of benzene rings is 1. The van der Waals surface area contributed by atoms with Crippen molar-refractivity contribution in [2.45, 2.75) is 32.0 Å². The van der Waals surface area contributed by atoms with Gasteiger partial charge in [-0.3, -0.25) is 14.5 Å². The zero-order valence-corrected chi connectivity index (χ0v) is 16.1. The van der Waals surface area contributed by atoms with Gasteiger partial charge in [0.2, 0.25) is 11.7 Å². The maximum Gasteiger partial charge on any atom is 0.452 e. The van der Waals surface area contributed by atoms with Crippen LogP contribution in [0.5, 0.6) is 0 Å². The number of rotatable bonds is 3. The van der Waals surface area contributed by atoms with Gasteiger partial charge in [-0.25, -0.2) is 14.4 Å². The number of alkyl halides is 3. The lowest BCUT2D eigenvalue weighted by Crippen LogP contribution is -2.47. The van der Waals surface area contributed by atoms with Gasteiger partial charge in [0.25, 0.3) is 5.91 Å². The number of halogens is 4. The van der Waals surface area contributed by atoms with Crippen LogP contribution < -0.4 is 11.1 Å². The molecule has 8 nitrogen and oxygen atoms in total. The Balaban J connectivity index is 1.96. The van der Waals surface area contributed by atoms with Crippen LogP contribution in [0.2, 0.25) is 0 Å². The third kappa shape index (κ3) is 3.84. The molecular formula is C18H17F4N5O3. The van der Waals surface area contributed by atoms with Gasteiger partial charge in [0.05, 0.1) is 12.0 Å². The number of aromatic nitrogens is 1. The highest BCUT2D eigenvalue weighted by Gasteiger charge is 2.42. The van der Waals surface area contributed by atoms with E-state index in [1.807, 2.05) is 0 Å². The summed E-state index contributed by atoms with van der Waals surface area (Å²) in [6, 6.07) is 3.34. The zero-order chi connectivity index (χ0) is 22.4. The van der Waals surface area contributed by atoms with Crippen molar-refractivity contribution in [2.24, 2.45) is 10.7 Å². The summed E-state index contributed by atoms with van der Waals surface area (Å²) in [6.07, 6.45) is -5.12. The van der Waals surface area contributed by atoms with Gasteiger partial charge in [0, 0.05) is 25.2 Å². The van der Waals surface area contributed by atoms with Crippen molar-refractivity contribution in [3.8, 4) is 0 Å². The molecule has 0 radical (unpaired) electrons. The van der Waals surface area contributed by atoms with Crippen molar-refractivity contribution < 1.29 is 31.6 Å². The van der Waals surface area contributed by atoms with E-state index in [0.29, 0.717) is 0 Å². The first-order valence-electron chi connectivity index (χ1n) is 8.60. The molecule has 2 amide bonds. The van der Waals surface area contributed by atoms with E-state index in [4.69, 9.17) is 5.73 Å². The minimum atomic E-state index is -4.92. The Kier molecular flexibility index (Phi) is 5.04. The fourth-order valence-corrected chi connectivity index (χ4v) is 3.04. The van der Waals surface area contributed by atoms with Crippen LogP contribution in [0.4, 0.5) is 23.2 Å². The van der Waals surface area contributed by atoms with Crippen molar-refractivity contribution in [3.63, 3.8) is 0 Å². The van der Waals surface area contributed by atoms with E-state index in [9.17, 15) is 27.2 Å². The quantitative estimate of drug-likeness (QED) is 0.732. The lowest BCUT2D eigenvalue weighted by molar-refractivity contribution is -0.153. The molecule has 12 heteroatoms. The first-order chi connectivity index (χ1) is 13.8. The van der Waals surface area contributed by atoms with Gasteiger partial charge in [0.15, 0.2) is 17.5 Å². The zero-order valence-electron chi connectivity index (χ0n) is 16.1. The highest BCUT2D eigenvalue weighted by atomic mass is 19.4. The standard InChI is InChI=1S/C18H17F4N5O3/c1-8-24-13(14(30-8)18(20,21)22)15(29)25-9-4-5-11(19)10(6-9)17(2)7-12(28)27(3)16(23)26-17/h4-6H,7H2,1-3H3,(H2,23,26)(H,25,29). The molecule has 1 aliphatic heterocycles. The monoisotopic (exact) mass is 427 g/mol. The largest absolute Gasteiger partial charge is 0.452 e. The number of nitrogens with two attached hydrogens (primary N) is 1. The van der Waals surface area contributed by atoms with Gasteiger partial charge in [-0.05, 0) is 25.1 Å². The lowest BCUT2D eigenvalue weighted by atomic mass is 9.87. The fourth-order valence-electron chi connectivity index (χ4n) is 3.04. The summed E-state index contributed by atoms with van der Waals surface area (Å²) in [6.45, 7) is 2.65. The van der Waals surface area contributed by atoms with Crippen LogP contribution in [-0.4, -0.2) is 34.7 Å². The summed E-state index contributed by atoms with van der Waals surface area (Å²) in [5.41, 5.74) is 3.33. The number of aryl methyl sites for hydroxylation is 1. The first-order valence-corrected chi connectivity index (χ1v) is 8.60. The number of hydrogen-bond donors (Lipinski definition) is 2. The van der Waals surface area contributed by atoms with Crippen LogP contribution in [-0.2, 0) is 16.5 Å². The molecule has 30 heavy (non-hydrogen) atoms. The molecule has 2 heterocycles. The summed E-state index contributed by atoms with van der Waals surface area (Å²) < 4.78 is 58.2. The Labute approximate surface area is 167 Å². The average molecular weight is 427 g/mol. The smallest absolute Gasteiger partial charge is 0.436 e. The van der Waals surface area contributed by atoms with Gasteiger partial charge in [0.1, 0.15) is 5.82 Å². The normalized spacial score (nSPS) is 19.6. The number of anilines is 1. The van der Waals surface area contributed by atoms with Crippen molar-refractivity contribution in [1.29, 1.82) is 0 Å². The summed E-state index contributed by atoms with van der Waals surface area (Å²) in [5.74, 6) is -4.30. The van der Waals surface area contributed by atoms with E-state index in [2.05, 4.69) is 19.7 Å². The van der Waals surface area contributed by atoms with Crippen LogP contribution in [0.1, 0.15) is 41.0 Å². The van der Waals surface area contributed by atoms with E-state index in [0.717, 1.165) is 17.0 Å². The number of nitrogens with one attached hydrogen (secondary N) is 1. The predicted octanol–water partition coefficient (Wildman–Crippen LogP) is 2.79. The maximum absolute atomic E-state index is 14.5. The number of carbonyl (C=O) groups excluding carboxylic acids is 2. The molecule has 0 aliphatic carbocycles. The molecule has 1 atom stereocenters. The van der Waals surface area contributed by atoms with Crippen LogP contribution in [0.15, 0.2) is 27.6 Å². The summed E-state index contributed by atoms with van der Waals surface area (Å²) in [5, 5.41) is 2.24. The molecule has 0 saturated heterocycles. The average Bonchev–Trinajstić information content (AvgIpc) is 3.03. The van der Waals surface area contributed by atoms with Crippen molar-refractivity contribution in [3.05, 3.63) is 46.9 Å². The van der Waals surface area contributed by atoms with Gasteiger partial charge < -0.3 is 15.5 Å². The molecule has 3 rings (SSSR count). The number of guanidine groups is 1. The van der Waals surface area contributed by atoms with Gasteiger partial charge >= 0.3 is 6.18 Å². The Bertz CT molecular complexity index is 1060. The van der Waals surface area contributed by atoms with Crippen molar-refractivity contribution >= 4 is 23.5 Å². The second-order valence-electron chi connectivity index (χ2n) is 6.93. The second kappa shape index (κ2) is 7.11. The first kappa shape index (κ1) is 21.3. The van der Waals surface area contributed by atoms with E-state index in [1.54, 1.807) is 0 Å². The summed E-state index contributed by atoms with van der Waals surface area (Å²) >= 11 is 0. The molecule has 3 N–H and O–H groups in total.